The van der Waals surface area contributed by atoms with Gasteiger partial charge in [0.15, 0.2) is 6.61 Å². The second-order valence-electron chi connectivity index (χ2n) is 5.83. The SMILES string of the molecule is O=C(COC(=O)c1ccc(-c2ccccc2)cc1)NC(=O)NCc1ccco1. The van der Waals surface area contributed by atoms with Crippen LogP contribution in [0.1, 0.15) is 16.1 Å². The van der Waals surface area contributed by atoms with Gasteiger partial charge in [-0.3, -0.25) is 10.1 Å². The Hall–Kier alpha value is -3.87. The highest BCUT2D eigenvalue weighted by Gasteiger charge is 2.13. The van der Waals surface area contributed by atoms with Gasteiger partial charge in [0.1, 0.15) is 5.76 Å². The first-order valence-corrected chi connectivity index (χ1v) is 8.54. The van der Waals surface area contributed by atoms with Gasteiger partial charge < -0.3 is 14.5 Å². The Kier molecular flexibility index (Phi) is 6.20. The van der Waals surface area contributed by atoms with Gasteiger partial charge in [-0.05, 0) is 35.4 Å². The number of rotatable bonds is 6. The van der Waals surface area contributed by atoms with Crippen LogP contribution in [0, 0.1) is 0 Å². The molecule has 0 aliphatic heterocycles. The first kappa shape index (κ1) is 18.9. The maximum atomic E-state index is 12.0. The molecule has 1 aromatic heterocycles. The summed E-state index contributed by atoms with van der Waals surface area (Å²) in [4.78, 5) is 35.4. The number of carbonyl (C=O) groups is 3. The minimum absolute atomic E-state index is 0.139. The van der Waals surface area contributed by atoms with Gasteiger partial charge in [-0.1, -0.05) is 42.5 Å². The molecule has 0 unspecified atom stereocenters. The van der Waals surface area contributed by atoms with E-state index in [9.17, 15) is 14.4 Å². The van der Waals surface area contributed by atoms with Crippen LogP contribution in [0.4, 0.5) is 4.79 Å². The lowest BCUT2D eigenvalue weighted by Crippen LogP contribution is -2.41. The maximum Gasteiger partial charge on any atom is 0.338 e. The van der Waals surface area contributed by atoms with Crippen molar-refractivity contribution in [2.75, 3.05) is 6.61 Å². The van der Waals surface area contributed by atoms with Crippen molar-refractivity contribution in [2.24, 2.45) is 0 Å². The molecular weight excluding hydrogens is 360 g/mol. The lowest BCUT2D eigenvalue weighted by molar-refractivity contribution is -0.123. The molecule has 7 heteroatoms. The van der Waals surface area contributed by atoms with E-state index in [1.165, 1.54) is 6.26 Å². The average molecular weight is 378 g/mol. The van der Waals surface area contributed by atoms with Crippen molar-refractivity contribution in [3.05, 3.63) is 84.3 Å². The minimum atomic E-state index is -0.730. The second-order valence-corrected chi connectivity index (χ2v) is 5.83. The minimum Gasteiger partial charge on any atom is -0.467 e. The van der Waals surface area contributed by atoms with Crippen LogP contribution in [0.25, 0.3) is 11.1 Å². The molecule has 3 amide bonds. The van der Waals surface area contributed by atoms with Crippen molar-refractivity contribution < 1.29 is 23.5 Å². The number of hydrogen-bond acceptors (Lipinski definition) is 5. The Labute approximate surface area is 161 Å². The van der Waals surface area contributed by atoms with E-state index >= 15 is 0 Å². The number of benzene rings is 2. The van der Waals surface area contributed by atoms with Crippen molar-refractivity contribution in [1.82, 2.24) is 10.6 Å². The van der Waals surface area contributed by atoms with E-state index in [1.54, 1.807) is 36.4 Å². The Morgan fingerprint density at radius 3 is 2.25 bits per heavy atom. The zero-order valence-electron chi connectivity index (χ0n) is 14.9. The number of furan rings is 1. The van der Waals surface area contributed by atoms with Gasteiger partial charge in [0.2, 0.25) is 0 Å². The molecule has 2 N–H and O–H groups in total. The van der Waals surface area contributed by atoms with E-state index in [4.69, 9.17) is 9.15 Å². The molecule has 0 aliphatic carbocycles. The molecule has 7 nitrogen and oxygen atoms in total. The average Bonchev–Trinajstić information content (AvgIpc) is 3.25. The molecule has 28 heavy (non-hydrogen) atoms. The number of ether oxygens (including phenoxy) is 1. The first-order valence-electron chi connectivity index (χ1n) is 8.54. The zero-order valence-corrected chi connectivity index (χ0v) is 14.9. The molecule has 0 atom stereocenters. The fraction of sp³-hybridized carbons (Fsp3) is 0.0952. The first-order chi connectivity index (χ1) is 13.6. The molecule has 2 aromatic carbocycles. The predicted octanol–water partition coefficient (Wildman–Crippen LogP) is 3.13. The smallest absolute Gasteiger partial charge is 0.338 e. The van der Waals surface area contributed by atoms with Crippen LogP contribution in [0.2, 0.25) is 0 Å². The topological polar surface area (TPSA) is 97.6 Å². The van der Waals surface area contributed by atoms with Gasteiger partial charge in [-0.2, -0.15) is 0 Å². The summed E-state index contributed by atoms with van der Waals surface area (Å²) in [7, 11) is 0. The largest absolute Gasteiger partial charge is 0.467 e. The summed E-state index contributed by atoms with van der Waals surface area (Å²) in [5, 5.41) is 4.52. The summed E-state index contributed by atoms with van der Waals surface area (Å²) < 4.78 is 9.99. The van der Waals surface area contributed by atoms with Crippen molar-refractivity contribution in [1.29, 1.82) is 0 Å². The van der Waals surface area contributed by atoms with Gasteiger partial charge in [0.25, 0.3) is 5.91 Å². The molecule has 0 radical (unpaired) electrons. The van der Waals surface area contributed by atoms with Crippen molar-refractivity contribution in [3.8, 4) is 11.1 Å². The third-order valence-electron chi connectivity index (χ3n) is 3.82. The van der Waals surface area contributed by atoms with Crippen molar-refractivity contribution >= 4 is 17.9 Å². The number of amides is 3. The van der Waals surface area contributed by atoms with Crippen LogP contribution >= 0.6 is 0 Å². The van der Waals surface area contributed by atoms with Crippen LogP contribution in [-0.2, 0) is 16.1 Å². The van der Waals surface area contributed by atoms with Gasteiger partial charge in [-0.15, -0.1) is 0 Å². The van der Waals surface area contributed by atoms with Gasteiger partial charge in [0.05, 0.1) is 18.4 Å². The fourth-order valence-electron chi connectivity index (χ4n) is 2.43. The number of nitrogens with one attached hydrogen (secondary N) is 2. The number of esters is 1. The van der Waals surface area contributed by atoms with E-state index in [0.717, 1.165) is 11.1 Å². The Bertz CT molecular complexity index is 935. The molecule has 0 bridgehead atoms. The van der Waals surface area contributed by atoms with Crippen LogP contribution in [0.3, 0.4) is 0 Å². The molecule has 0 aliphatic rings. The lowest BCUT2D eigenvalue weighted by atomic mass is 10.0. The number of hydrogen-bond donors (Lipinski definition) is 2. The molecule has 0 fully saturated rings. The van der Waals surface area contributed by atoms with Gasteiger partial charge in [-0.25, -0.2) is 9.59 Å². The van der Waals surface area contributed by atoms with Crippen LogP contribution < -0.4 is 10.6 Å². The number of carbonyl (C=O) groups excluding carboxylic acids is 3. The number of imide groups is 1. The predicted molar refractivity (Wildman–Crippen MR) is 101 cm³/mol. The molecule has 3 aromatic rings. The third kappa shape index (κ3) is 5.31. The zero-order chi connectivity index (χ0) is 19.8. The highest BCUT2D eigenvalue weighted by atomic mass is 16.5. The normalized spacial score (nSPS) is 10.1. The van der Waals surface area contributed by atoms with E-state index in [-0.39, 0.29) is 6.54 Å². The van der Waals surface area contributed by atoms with E-state index in [0.29, 0.717) is 11.3 Å². The molecule has 142 valence electrons. The Morgan fingerprint density at radius 2 is 1.57 bits per heavy atom. The molecular formula is C21H18N2O5. The summed E-state index contributed by atoms with van der Waals surface area (Å²) >= 11 is 0. The summed E-state index contributed by atoms with van der Waals surface area (Å²) in [5.74, 6) is -0.829. The summed E-state index contributed by atoms with van der Waals surface area (Å²) in [6.07, 6.45) is 1.48. The highest BCUT2D eigenvalue weighted by molar-refractivity contribution is 5.97. The van der Waals surface area contributed by atoms with Crippen molar-refractivity contribution in [3.63, 3.8) is 0 Å². The quantitative estimate of drug-likeness (QED) is 0.642. The van der Waals surface area contributed by atoms with Gasteiger partial charge >= 0.3 is 12.0 Å². The summed E-state index contributed by atoms with van der Waals surface area (Å²) in [6, 6.07) is 19.2. The van der Waals surface area contributed by atoms with E-state index in [2.05, 4.69) is 10.6 Å². The maximum absolute atomic E-state index is 12.0. The van der Waals surface area contributed by atoms with Crippen molar-refractivity contribution in [2.45, 2.75) is 6.54 Å². The molecule has 0 spiro atoms. The van der Waals surface area contributed by atoms with Gasteiger partial charge in [0, 0.05) is 0 Å². The van der Waals surface area contributed by atoms with Crippen LogP contribution in [-0.4, -0.2) is 24.5 Å². The monoisotopic (exact) mass is 378 g/mol. The molecule has 1 heterocycles. The van der Waals surface area contributed by atoms with Crippen LogP contribution in [0.5, 0.6) is 0 Å². The van der Waals surface area contributed by atoms with E-state index < -0.39 is 24.5 Å². The molecule has 0 saturated carbocycles. The molecule has 3 rings (SSSR count). The lowest BCUT2D eigenvalue weighted by Gasteiger charge is -2.07. The Balaban J connectivity index is 1.44. The highest BCUT2D eigenvalue weighted by Crippen LogP contribution is 2.19. The third-order valence-corrected chi connectivity index (χ3v) is 3.82. The summed E-state index contributed by atoms with van der Waals surface area (Å²) in [5.41, 5.74) is 2.31. The fourth-order valence-corrected chi connectivity index (χ4v) is 2.43. The van der Waals surface area contributed by atoms with Crippen LogP contribution in [0.15, 0.2) is 77.4 Å². The van der Waals surface area contributed by atoms with E-state index in [1.807, 2.05) is 30.3 Å². The number of urea groups is 1. The standard InChI is InChI=1S/C21H18N2O5/c24-19(23-21(26)22-13-18-7-4-12-27-18)14-28-20(25)17-10-8-16(9-11-17)15-5-2-1-3-6-15/h1-12H,13-14H2,(H2,22,23,24,26). The molecule has 0 saturated heterocycles. The second kappa shape index (κ2) is 9.18. The Morgan fingerprint density at radius 1 is 0.857 bits per heavy atom. The summed E-state index contributed by atoms with van der Waals surface area (Å²) in [6.45, 7) is -0.424.